The highest BCUT2D eigenvalue weighted by atomic mass is 32.2. The van der Waals surface area contributed by atoms with Crippen LogP contribution in [-0.2, 0) is 18.4 Å². The smallest absolute Gasteiger partial charge is 0.353 e. The van der Waals surface area contributed by atoms with Crippen molar-refractivity contribution < 1.29 is 27.8 Å². The van der Waals surface area contributed by atoms with Crippen LogP contribution in [0.5, 0.6) is 0 Å². The Bertz CT molecular complexity index is 379. The van der Waals surface area contributed by atoms with Crippen LogP contribution in [0.25, 0.3) is 0 Å². The maximum absolute atomic E-state index is 11.8. The van der Waals surface area contributed by atoms with E-state index in [9.17, 15) is 14.3 Å². The van der Waals surface area contributed by atoms with E-state index in [2.05, 4.69) is 12.2 Å². The van der Waals surface area contributed by atoms with Crippen LogP contribution in [0.15, 0.2) is 0 Å². The van der Waals surface area contributed by atoms with Crippen LogP contribution < -0.4 is 5.32 Å². The van der Waals surface area contributed by atoms with Gasteiger partial charge in [-0.1, -0.05) is 26.2 Å². The Morgan fingerprint density at radius 3 is 2.54 bits per heavy atom. The van der Waals surface area contributed by atoms with E-state index in [1.54, 1.807) is 11.8 Å². The van der Waals surface area contributed by atoms with Crippen molar-refractivity contribution in [2.24, 2.45) is 0 Å². The summed E-state index contributed by atoms with van der Waals surface area (Å²) in [5, 5.41) is 2.62. The van der Waals surface area contributed by atoms with Gasteiger partial charge in [0.05, 0.1) is 33.8 Å². The van der Waals surface area contributed by atoms with Crippen LogP contribution in [0.3, 0.4) is 0 Å². The second-order valence-corrected chi connectivity index (χ2v) is 9.33. The Balaban J connectivity index is 4.03. The van der Waals surface area contributed by atoms with Gasteiger partial charge in [-0.15, -0.1) is 0 Å². The summed E-state index contributed by atoms with van der Waals surface area (Å²) < 4.78 is 22.4. The number of hydrogen-bond donors (Lipinski definition) is 2. The fourth-order valence-corrected chi connectivity index (χ4v) is 3.56. The molecule has 0 radical (unpaired) electrons. The molecule has 144 valence electrons. The molecule has 0 aromatic heterocycles. The van der Waals surface area contributed by atoms with Crippen LogP contribution in [0, 0.1) is 0 Å². The minimum absolute atomic E-state index is 0.0428. The average molecular weight is 385 g/mol. The predicted octanol–water partition coefficient (Wildman–Crippen LogP) is 2.25. The van der Waals surface area contributed by atoms with Gasteiger partial charge in [-0.25, -0.2) is 4.57 Å². The van der Waals surface area contributed by atoms with Gasteiger partial charge in [-0.05, 0) is 12.2 Å². The lowest BCUT2D eigenvalue weighted by atomic mass is 10.2. The first-order valence-electron chi connectivity index (χ1n) is 8.40. The molecule has 0 aliphatic heterocycles. The summed E-state index contributed by atoms with van der Waals surface area (Å²) >= 11 is 1.71. The van der Waals surface area contributed by atoms with E-state index in [0.717, 1.165) is 12.2 Å². The molecule has 7 nitrogen and oxygen atoms in total. The van der Waals surface area contributed by atoms with Crippen molar-refractivity contribution in [2.45, 2.75) is 38.6 Å². The lowest BCUT2D eigenvalue weighted by Crippen LogP contribution is -2.37. The van der Waals surface area contributed by atoms with Gasteiger partial charge >= 0.3 is 7.82 Å². The molecule has 9 heteroatoms. The quantitative estimate of drug-likeness (QED) is 0.183. The van der Waals surface area contributed by atoms with Gasteiger partial charge in [0.1, 0.15) is 13.2 Å². The number of hydrogen-bond acceptors (Lipinski definition) is 5. The van der Waals surface area contributed by atoms with Crippen LogP contribution in [0.2, 0.25) is 0 Å². The number of thioether (sulfide) groups is 1. The van der Waals surface area contributed by atoms with E-state index in [4.69, 9.17) is 9.05 Å². The summed E-state index contributed by atoms with van der Waals surface area (Å²) in [6.07, 6.45) is 5.37. The zero-order chi connectivity index (χ0) is 18.5. The zero-order valence-electron chi connectivity index (χ0n) is 15.4. The largest absolute Gasteiger partial charge is 0.472 e. The monoisotopic (exact) mass is 385 g/mol. The van der Waals surface area contributed by atoms with Crippen molar-refractivity contribution >= 4 is 26.0 Å². The molecule has 0 aromatic carbocycles. The molecule has 0 saturated heterocycles. The number of unbranched alkanes of at least 4 members (excludes halogenated alkanes) is 3. The first kappa shape index (κ1) is 23.9. The lowest BCUT2D eigenvalue weighted by molar-refractivity contribution is -0.870. The number of quaternary nitrogens is 1. The highest BCUT2D eigenvalue weighted by Gasteiger charge is 2.24. The molecule has 0 spiro atoms. The molecule has 0 aromatic rings. The van der Waals surface area contributed by atoms with E-state index in [1.807, 2.05) is 21.1 Å². The Hall–Kier alpha value is -0.110. The summed E-state index contributed by atoms with van der Waals surface area (Å²) in [6, 6.07) is -0.304. The minimum Gasteiger partial charge on any atom is -0.353 e. The normalized spacial score (nSPS) is 15.7. The van der Waals surface area contributed by atoms with Crippen molar-refractivity contribution in [3.8, 4) is 0 Å². The molecule has 0 aliphatic rings. The van der Waals surface area contributed by atoms with Crippen LogP contribution in [-0.4, -0.2) is 74.2 Å². The summed E-state index contributed by atoms with van der Waals surface area (Å²) in [4.78, 5) is 20.3. The van der Waals surface area contributed by atoms with Gasteiger partial charge in [0.25, 0.3) is 0 Å². The Morgan fingerprint density at radius 2 is 1.96 bits per heavy atom. The van der Waals surface area contributed by atoms with Crippen molar-refractivity contribution in [1.29, 1.82) is 0 Å². The maximum atomic E-state index is 11.8. The fourth-order valence-electron chi connectivity index (χ4n) is 1.75. The summed E-state index contributed by atoms with van der Waals surface area (Å²) in [5.74, 6) is 1.65. The molecule has 0 aliphatic carbocycles. The number of carbonyl (C=O) groups excluding carboxylic acids is 1. The zero-order valence-corrected chi connectivity index (χ0v) is 17.1. The molecule has 0 saturated carbocycles. The number of carbonyl (C=O) groups is 1. The lowest BCUT2D eigenvalue weighted by Gasteiger charge is -2.24. The SMILES string of the molecule is CCCCCCSC[C@H](COP(=O)(O)OCC[N+](C)(C)C)NC=O. The van der Waals surface area contributed by atoms with Crippen molar-refractivity contribution in [3.05, 3.63) is 0 Å². The number of phosphoric acid groups is 1. The van der Waals surface area contributed by atoms with Crippen molar-refractivity contribution in [1.82, 2.24) is 5.32 Å². The number of nitrogens with one attached hydrogen (secondary N) is 1. The first-order chi connectivity index (χ1) is 11.2. The van der Waals surface area contributed by atoms with Gasteiger partial charge in [0.15, 0.2) is 0 Å². The van der Waals surface area contributed by atoms with Crippen LogP contribution in [0.4, 0.5) is 0 Å². The van der Waals surface area contributed by atoms with Crippen molar-refractivity contribution in [3.63, 3.8) is 0 Å². The molecular formula is C15H34N2O5PS+. The molecule has 0 fully saturated rings. The van der Waals surface area contributed by atoms with Gasteiger partial charge in [0.2, 0.25) is 6.41 Å². The summed E-state index contributed by atoms with van der Waals surface area (Å²) in [5.41, 5.74) is 0. The maximum Gasteiger partial charge on any atom is 0.472 e. The van der Waals surface area contributed by atoms with Gasteiger partial charge in [-0.3, -0.25) is 13.8 Å². The molecule has 1 amide bonds. The molecule has 0 heterocycles. The number of rotatable bonds is 16. The van der Waals surface area contributed by atoms with E-state index in [1.165, 1.54) is 19.3 Å². The predicted molar refractivity (Wildman–Crippen MR) is 99.1 cm³/mol. The van der Waals surface area contributed by atoms with Gasteiger partial charge < -0.3 is 14.7 Å². The molecule has 2 atom stereocenters. The second-order valence-electron chi connectivity index (χ2n) is 6.73. The molecular weight excluding hydrogens is 351 g/mol. The number of nitrogens with zero attached hydrogens (tertiary/aromatic N) is 1. The number of likely N-dealkylation sites (N-methyl/N-ethyl adjacent to an activating group) is 1. The van der Waals surface area contributed by atoms with Crippen LogP contribution in [0.1, 0.15) is 32.6 Å². The highest BCUT2D eigenvalue weighted by Crippen LogP contribution is 2.43. The third-order valence-electron chi connectivity index (χ3n) is 3.22. The molecule has 24 heavy (non-hydrogen) atoms. The second kappa shape index (κ2) is 13.1. The Morgan fingerprint density at radius 1 is 1.25 bits per heavy atom. The topological polar surface area (TPSA) is 84.9 Å². The highest BCUT2D eigenvalue weighted by molar-refractivity contribution is 7.99. The van der Waals surface area contributed by atoms with E-state index in [0.29, 0.717) is 23.2 Å². The number of amides is 1. The van der Waals surface area contributed by atoms with Gasteiger partial charge in [0, 0.05) is 5.75 Å². The van der Waals surface area contributed by atoms with Crippen LogP contribution >= 0.6 is 19.6 Å². The van der Waals surface area contributed by atoms with Crippen molar-refractivity contribution in [2.75, 3.05) is 52.4 Å². The van der Waals surface area contributed by atoms with Gasteiger partial charge in [-0.2, -0.15) is 11.8 Å². The Labute approximate surface area is 150 Å². The summed E-state index contributed by atoms with van der Waals surface area (Å²) in [6.45, 7) is 2.86. The molecule has 1 unspecified atom stereocenters. The first-order valence-corrected chi connectivity index (χ1v) is 11.0. The molecule has 2 N–H and O–H groups in total. The minimum atomic E-state index is -4.09. The molecule has 0 rings (SSSR count). The van der Waals surface area contributed by atoms with E-state index in [-0.39, 0.29) is 19.3 Å². The third-order valence-corrected chi connectivity index (χ3v) is 5.42. The number of phosphoric ester groups is 1. The standard InChI is InChI=1S/C15H33N2O5PS/c1-5-6-7-8-11-24-13-15(16-14-18)12-22-23(19,20)21-10-9-17(2,3)4/h14-15H,5-13H2,1-4H3,(H-,16,18,19,20)/p+1/t15-/m0/s1. The fraction of sp³-hybridized carbons (Fsp3) is 0.933. The third kappa shape index (κ3) is 15.4. The van der Waals surface area contributed by atoms with E-state index < -0.39 is 7.82 Å². The molecule has 0 bridgehead atoms. The Kier molecular flexibility index (Phi) is 13.1. The van der Waals surface area contributed by atoms with E-state index >= 15 is 0 Å². The summed E-state index contributed by atoms with van der Waals surface area (Å²) in [7, 11) is 1.81. The average Bonchev–Trinajstić information content (AvgIpc) is 2.46.